The molecule has 5 N–H and O–H groups in total. The van der Waals surface area contributed by atoms with Gasteiger partial charge in [-0.1, -0.05) is 30.3 Å². The van der Waals surface area contributed by atoms with Crippen LogP contribution in [0.3, 0.4) is 0 Å². The summed E-state index contributed by atoms with van der Waals surface area (Å²) in [6, 6.07) is 6.18. The van der Waals surface area contributed by atoms with E-state index in [9.17, 15) is 23.3 Å². The number of allylic oxidation sites excluding steroid dienone is 1. The number of ether oxygens (including phenoxy) is 1. The van der Waals surface area contributed by atoms with Crippen LogP contribution in [0.5, 0.6) is 0 Å². The maximum atomic E-state index is 12.4. The van der Waals surface area contributed by atoms with Crippen molar-refractivity contribution in [3.63, 3.8) is 0 Å². The first kappa shape index (κ1) is 24.9. The molecule has 184 valence electrons. The zero-order valence-electron chi connectivity index (χ0n) is 18.7. The van der Waals surface area contributed by atoms with Crippen LogP contribution in [0.15, 0.2) is 48.4 Å². The Morgan fingerprint density at radius 1 is 1.26 bits per heavy atom. The molecule has 0 saturated carbocycles. The van der Waals surface area contributed by atoms with E-state index in [0.717, 1.165) is 5.41 Å². The van der Waals surface area contributed by atoms with Crippen molar-refractivity contribution >= 4 is 45.4 Å². The number of nitrogens with zero attached hydrogens (tertiary/aromatic N) is 4. The van der Waals surface area contributed by atoms with Gasteiger partial charge in [0.25, 0.3) is 0 Å². The van der Waals surface area contributed by atoms with Gasteiger partial charge in [-0.05, 0) is 24.7 Å². The molecule has 2 unspecified atom stereocenters. The van der Waals surface area contributed by atoms with E-state index >= 15 is 0 Å². The summed E-state index contributed by atoms with van der Waals surface area (Å²) in [5.74, 6) is -0.0344. The number of rotatable bonds is 10. The van der Waals surface area contributed by atoms with Crippen molar-refractivity contribution in [2.45, 2.75) is 38.0 Å². The highest BCUT2D eigenvalue weighted by Gasteiger charge is 2.29. The normalized spacial score (nSPS) is 18.5. The molecule has 1 aliphatic heterocycles. The van der Waals surface area contributed by atoms with Crippen molar-refractivity contribution in [3.05, 3.63) is 54.0 Å². The van der Waals surface area contributed by atoms with E-state index in [-0.39, 0.29) is 54.3 Å². The number of carbonyl (C=O) groups is 1. The highest BCUT2D eigenvalue weighted by molar-refractivity contribution is 7.92. The Morgan fingerprint density at radius 3 is 2.86 bits per heavy atom. The number of fused-ring (bicyclic) bond motifs is 1. The molecule has 1 fully saturated rings. The van der Waals surface area contributed by atoms with E-state index in [1.807, 2.05) is 0 Å². The lowest BCUT2D eigenvalue weighted by Gasteiger charge is -2.15. The maximum absolute atomic E-state index is 12.4. The van der Waals surface area contributed by atoms with Gasteiger partial charge in [0, 0.05) is 23.9 Å². The van der Waals surface area contributed by atoms with E-state index in [4.69, 9.17) is 10.5 Å². The number of hydrogen-bond acceptors (Lipinski definition) is 10. The summed E-state index contributed by atoms with van der Waals surface area (Å²) >= 11 is 0. The van der Waals surface area contributed by atoms with Crippen LogP contribution in [0, 0.1) is 0 Å². The number of benzene rings is 1. The van der Waals surface area contributed by atoms with Crippen molar-refractivity contribution in [2.75, 3.05) is 12.3 Å². The van der Waals surface area contributed by atoms with Crippen molar-refractivity contribution in [1.29, 1.82) is 0 Å². The van der Waals surface area contributed by atoms with Crippen molar-refractivity contribution in [3.8, 4) is 0 Å². The second kappa shape index (κ2) is 10.6. The van der Waals surface area contributed by atoms with Gasteiger partial charge in [-0.2, -0.15) is 0 Å². The van der Waals surface area contributed by atoms with Gasteiger partial charge in [-0.25, -0.2) is 28.1 Å². The second-order valence-electron chi connectivity index (χ2n) is 8.06. The summed E-state index contributed by atoms with van der Waals surface area (Å²) in [6.45, 7) is 0.0909. The van der Waals surface area contributed by atoms with Crippen LogP contribution in [0.2, 0.25) is 0 Å². The number of carbonyl (C=O) groups excluding carboxylic acids is 1. The third-order valence-electron chi connectivity index (χ3n) is 5.65. The molecule has 1 aliphatic rings. The van der Waals surface area contributed by atoms with Gasteiger partial charge in [-0.15, -0.1) is 0 Å². The molecule has 3 heterocycles. The number of anilines is 1. The van der Waals surface area contributed by atoms with Crippen LogP contribution in [0.1, 0.15) is 42.3 Å². The average molecular weight is 500 g/mol. The quantitative estimate of drug-likeness (QED) is 0.216. The smallest absolute Gasteiger partial charge is 0.423 e. The standard InChI is InChI=1S/C21H25BN6O6S/c23-20-19-21(25-12-24-20)28(13-26-19)18-9-8-14(34-18)11-27-35(32,33)10-4-3-7-17(29)15-5-1-2-6-16(15)22(30)31/h1-2,4-6,10,12-14,18,27,30-31H,3,7-9,11H2,(H2,23,24,25)/b10-4+. The fourth-order valence-electron chi connectivity index (χ4n) is 3.90. The molecule has 3 aromatic rings. The molecule has 2 atom stereocenters. The number of imidazole rings is 1. The Labute approximate surface area is 202 Å². The average Bonchev–Trinajstić information content (AvgIpc) is 3.48. The largest absolute Gasteiger partial charge is 0.489 e. The molecule has 0 aliphatic carbocycles. The number of nitrogen functional groups attached to an aromatic ring is 1. The predicted octanol–water partition coefficient (Wildman–Crippen LogP) is -0.138. The molecule has 14 heteroatoms. The number of nitrogens with one attached hydrogen (secondary N) is 1. The van der Waals surface area contributed by atoms with Crippen molar-refractivity contribution in [1.82, 2.24) is 24.2 Å². The van der Waals surface area contributed by atoms with Crippen LogP contribution in [0.25, 0.3) is 11.2 Å². The first-order valence-electron chi connectivity index (χ1n) is 11.0. The van der Waals surface area contributed by atoms with Gasteiger partial charge in [0.1, 0.15) is 18.1 Å². The molecule has 2 aromatic heterocycles. The van der Waals surface area contributed by atoms with Gasteiger partial charge < -0.3 is 20.5 Å². The zero-order valence-corrected chi connectivity index (χ0v) is 19.5. The third-order valence-corrected chi connectivity index (χ3v) is 6.77. The molecule has 0 bridgehead atoms. The third kappa shape index (κ3) is 5.92. The number of aromatic nitrogens is 4. The lowest BCUT2D eigenvalue weighted by Crippen LogP contribution is -2.34. The van der Waals surface area contributed by atoms with Crippen LogP contribution in [-0.4, -0.2) is 63.5 Å². The predicted molar refractivity (Wildman–Crippen MR) is 129 cm³/mol. The summed E-state index contributed by atoms with van der Waals surface area (Å²) in [6.07, 6.45) is 5.14. The lowest BCUT2D eigenvalue weighted by molar-refractivity contribution is 0.00714. The minimum Gasteiger partial charge on any atom is -0.423 e. The summed E-state index contributed by atoms with van der Waals surface area (Å²) in [7, 11) is -5.48. The molecular weight excluding hydrogens is 475 g/mol. The monoisotopic (exact) mass is 500 g/mol. The maximum Gasteiger partial charge on any atom is 0.489 e. The number of ketones is 1. The fraction of sp³-hybridized carbons (Fsp3) is 0.333. The van der Waals surface area contributed by atoms with Crippen LogP contribution in [0.4, 0.5) is 5.82 Å². The Kier molecular flexibility index (Phi) is 7.57. The van der Waals surface area contributed by atoms with Crippen LogP contribution in [-0.2, 0) is 14.8 Å². The van der Waals surface area contributed by atoms with E-state index in [2.05, 4.69) is 19.7 Å². The van der Waals surface area contributed by atoms with Crippen LogP contribution >= 0.6 is 0 Å². The molecule has 0 amide bonds. The minimum atomic E-state index is -3.72. The molecule has 0 radical (unpaired) electrons. The van der Waals surface area contributed by atoms with Crippen LogP contribution < -0.4 is 15.9 Å². The van der Waals surface area contributed by atoms with E-state index in [1.54, 1.807) is 23.0 Å². The first-order valence-corrected chi connectivity index (χ1v) is 12.5. The van der Waals surface area contributed by atoms with Gasteiger partial charge in [0.05, 0.1) is 12.4 Å². The van der Waals surface area contributed by atoms with Gasteiger partial charge in [-0.3, -0.25) is 9.36 Å². The first-order chi connectivity index (χ1) is 16.7. The molecular formula is C21H25BN6O6S. The molecule has 1 aromatic carbocycles. The summed E-state index contributed by atoms with van der Waals surface area (Å²) in [4.78, 5) is 24.7. The van der Waals surface area contributed by atoms with E-state index in [1.165, 1.54) is 24.5 Å². The highest BCUT2D eigenvalue weighted by atomic mass is 32.2. The van der Waals surface area contributed by atoms with E-state index < -0.39 is 17.1 Å². The zero-order chi connectivity index (χ0) is 25.0. The number of Topliss-reactive ketones (excluding diaryl/α,β-unsaturated/α-hetero) is 1. The molecule has 35 heavy (non-hydrogen) atoms. The molecule has 4 rings (SSSR count). The summed E-state index contributed by atoms with van der Waals surface area (Å²) in [5, 5.41) is 19.8. The fourth-order valence-corrected chi connectivity index (χ4v) is 4.80. The van der Waals surface area contributed by atoms with Crippen molar-refractivity contribution in [2.24, 2.45) is 0 Å². The highest BCUT2D eigenvalue weighted by Crippen LogP contribution is 2.30. The molecule has 1 saturated heterocycles. The van der Waals surface area contributed by atoms with Gasteiger partial charge >= 0.3 is 7.12 Å². The topological polar surface area (TPSA) is 183 Å². The molecule has 0 spiro atoms. The van der Waals surface area contributed by atoms with E-state index in [0.29, 0.717) is 24.0 Å². The second-order valence-corrected chi connectivity index (χ2v) is 9.71. The Morgan fingerprint density at radius 2 is 2.06 bits per heavy atom. The summed E-state index contributed by atoms with van der Waals surface area (Å²) in [5.41, 5.74) is 7.17. The Hall–Kier alpha value is -3.17. The summed E-state index contributed by atoms with van der Waals surface area (Å²) < 4.78 is 34.9. The SMILES string of the molecule is Nc1ncnc2c1ncn2C1CCC(CNS(=O)(=O)/C=C/CCC(=O)c2ccccc2B(O)O)O1. The lowest BCUT2D eigenvalue weighted by atomic mass is 9.76. The number of nitrogens with two attached hydrogens (primary N) is 1. The van der Waals surface area contributed by atoms with Gasteiger partial charge in [0.15, 0.2) is 17.2 Å². The number of hydrogen-bond donors (Lipinski definition) is 4. The Balaban J connectivity index is 1.26. The molecule has 12 nitrogen and oxygen atoms in total. The minimum absolute atomic E-state index is 0.0239. The van der Waals surface area contributed by atoms with Crippen molar-refractivity contribution < 1.29 is 28.0 Å². The van der Waals surface area contributed by atoms with Gasteiger partial charge in [0.2, 0.25) is 10.0 Å². The number of sulfonamides is 1. The Bertz CT molecular complexity index is 1350.